The Morgan fingerprint density at radius 1 is 1.04 bits per heavy atom. The van der Waals surface area contributed by atoms with Gasteiger partial charge in [-0.3, -0.25) is 13.9 Å². The van der Waals surface area contributed by atoms with Crippen LogP contribution in [-0.2, 0) is 24.3 Å². The molecule has 246 valence electrons. The van der Waals surface area contributed by atoms with Crippen LogP contribution in [0.4, 0.5) is 14.5 Å². The Morgan fingerprint density at radius 3 is 2.35 bits per heavy atom. The molecule has 0 spiro atoms. The molecular formula is C34H37ClF2N2O6S. The van der Waals surface area contributed by atoms with Crippen LogP contribution >= 0.6 is 11.6 Å². The van der Waals surface area contributed by atoms with Crippen LogP contribution in [0.2, 0.25) is 5.02 Å². The molecule has 1 amide bonds. The second kappa shape index (κ2) is 12.2. The highest BCUT2D eigenvalue weighted by Crippen LogP contribution is 2.65. The molecule has 3 atom stereocenters. The smallest absolute Gasteiger partial charge is 0.313 e. The lowest BCUT2D eigenvalue weighted by molar-refractivity contribution is -0.173. The van der Waals surface area contributed by atoms with Crippen LogP contribution in [0.5, 0.6) is 5.75 Å². The highest BCUT2D eigenvalue weighted by Gasteiger charge is 2.76. The van der Waals surface area contributed by atoms with E-state index in [1.165, 1.54) is 24.3 Å². The van der Waals surface area contributed by atoms with Crippen LogP contribution in [0, 0.1) is 22.5 Å². The van der Waals surface area contributed by atoms with E-state index < -0.39 is 49.8 Å². The summed E-state index contributed by atoms with van der Waals surface area (Å²) in [6.45, 7) is 7.70. The maximum Gasteiger partial charge on any atom is 0.313 e. The van der Waals surface area contributed by atoms with Crippen molar-refractivity contribution >= 4 is 39.2 Å². The zero-order valence-corrected chi connectivity index (χ0v) is 27.9. The molecule has 0 radical (unpaired) electrons. The van der Waals surface area contributed by atoms with E-state index in [0.29, 0.717) is 42.1 Å². The molecule has 0 aromatic heterocycles. The fourth-order valence-corrected chi connectivity index (χ4v) is 8.38. The van der Waals surface area contributed by atoms with Crippen molar-refractivity contribution in [2.45, 2.75) is 63.5 Å². The van der Waals surface area contributed by atoms with Gasteiger partial charge in [0.15, 0.2) is 5.60 Å². The molecule has 1 aliphatic heterocycles. The van der Waals surface area contributed by atoms with E-state index in [2.05, 4.69) is 0 Å². The van der Waals surface area contributed by atoms with Gasteiger partial charge in [0, 0.05) is 35.7 Å². The van der Waals surface area contributed by atoms with Crippen molar-refractivity contribution in [3.8, 4) is 5.75 Å². The van der Waals surface area contributed by atoms with Gasteiger partial charge in [0.2, 0.25) is 0 Å². The van der Waals surface area contributed by atoms with Gasteiger partial charge in [0.25, 0.3) is 15.9 Å². The Morgan fingerprint density at radius 2 is 1.72 bits per heavy atom. The lowest BCUT2D eigenvalue weighted by Gasteiger charge is -2.38. The number of halogens is 3. The maximum absolute atomic E-state index is 15.2. The van der Waals surface area contributed by atoms with Gasteiger partial charge in [-0.2, -0.15) is 0 Å². The first-order valence-corrected chi connectivity index (χ1v) is 16.8. The van der Waals surface area contributed by atoms with Crippen molar-refractivity contribution < 1.29 is 36.3 Å². The molecule has 1 saturated carbocycles. The maximum atomic E-state index is 15.2. The molecule has 3 unspecified atom stereocenters. The number of rotatable bonds is 11. The average molecular weight is 675 g/mol. The zero-order chi connectivity index (χ0) is 33.7. The van der Waals surface area contributed by atoms with Gasteiger partial charge in [-0.1, -0.05) is 43.6 Å². The first-order chi connectivity index (χ1) is 21.6. The number of para-hydroxylation sites is 1. The van der Waals surface area contributed by atoms with E-state index in [-0.39, 0.29) is 23.4 Å². The standard InChI is InChI=1S/C34H37ClF2N2O6S/c1-22(39(28-21-24(36)13-16-27(28)37)46(42,43)25-14-11-23(35)12-15-25)26-9-6-7-10-29(26)44-20-8-19-38(5)30(40)34-18-17-33(4,31(41)45-34)32(34,2)3/h6-7,9-16,21-22H,8,17-20H2,1-5H3. The molecule has 8 nitrogen and oxygen atoms in total. The number of amides is 1. The number of ether oxygens (including phenoxy) is 2. The number of nitrogens with zero attached hydrogens (tertiary/aromatic N) is 2. The minimum Gasteiger partial charge on any atom is -0.493 e. The summed E-state index contributed by atoms with van der Waals surface area (Å²) < 4.78 is 70.1. The van der Waals surface area contributed by atoms with E-state index in [9.17, 15) is 22.4 Å². The van der Waals surface area contributed by atoms with Gasteiger partial charge >= 0.3 is 5.97 Å². The Bertz CT molecular complexity index is 1770. The number of anilines is 1. The van der Waals surface area contributed by atoms with Crippen LogP contribution in [0.1, 0.15) is 58.6 Å². The fraction of sp³-hybridized carbons (Fsp3) is 0.412. The number of carbonyl (C=O) groups excluding carboxylic acids is 2. The lowest BCUT2D eigenvalue weighted by Crippen LogP contribution is -2.54. The molecule has 1 saturated heterocycles. The summed E-state index contributed by atoms with van der Waals surface area (Å²) in [5.74, 6) is -1.98. The van der Waals surface area contributed by atoms with E-state index in [1.807, 2.05) is 20.8 Å². The molecular weight excluding hydrogens is 638 g/mol. The highest BCUT2D eigenvalue weighted by molar-refractivity contribution is 7.92. The van der Waals surface area contributed by atoms with Crippen molar-refractivity contribution in [3.05, 3.63) is 89.0 Å². The van der Waals surface area contributed by atoms with Crippen LogP contribution in [0.25, 0.3) is 0 Å². The second-order valence-corrected chi connectivity index (χ2v) is 14.9. The number of hydrogen-bond donors (Lipinski definition) is 0. The summed E-state index contributed by atoms with van der Waals surface area (Å²) in [5, 5.41) is 0.316. The van der Waals surface area contributed by atoms with Gasteiger partial charge in [0.1, 0.15) is 17.4 Å². The summed E-state index contributed by atoms with van der Waals surface area (Å²) in [5.41, 5.74) is -2.63. The Balaban J connectivity index is 1.35. The third-order valence-electron chi connectivity index (χ3n) is 9.91. The van der Waals surface area contributed by atoms with Gasteiger partial charge in [-0.05, 0) is 75.6 Å². The number of benzene rings is 3. The number of carbonyl (C=O) groups is 2. The molecule has 2 aliphatic rings. The summed E-state index contributed by atoms with van der Waals surface area (Å²) in [6, 6.07) is 13.7. The Labute approximate surface area is 273 Å². The quantitative estimate of drug-likeness (QED) is 0.162. The molecule has 1 heterocycles. The predicted molar refractivity (Wildman–Crippen MR) is 170 cm³/mol. The summed E-state index contributed by atoms with van der Waals surface area (Å²) >= 11 is 5.98. The molecule has 1 aliphatic carbocycles. The molecule has 2 fully saturated rings. The molecule has 3 aromatic carbocycles. The van der Waals surface area contributed by atoms with Crippen molar-refractivity contribution in [3.63, 3.8) is 0 Å². The molecule has 0 N–H and O–H groups in total. The van der Waals surface area contributed by atoms with Crippen LogP contribution in [-0.4, -0.2) is 51.0 Å². The van der Waals surface area contributed by atoms with Crippen LogP contribution in [0.3, 0.4) is 0 Å². The second-order valence-electron chi connectivity index (χ2n) is 12.7. The summed E-state index contributed by atoms with van der Waals surface area (Å²) in [7, 11) is -2.75. The topological polar surface area (TPSA) is 93.2 Å². The van der Waals surface area contributed by atoms with Crippen molar-refractivity contribution in [1.29, 1.82) is 0 Å². The Kier molecular flexibility index (Phi) is 8.89. The third kappa shape index (κ3) is 5.41. The van der Waals surface area contributed by atoms with Gasteiger partial charge in [-0.15, -0.1) is 0 Å². The first-order valence-electron chi connectivity index (χ1n) is 15.0. The van der Waals surface area contributed by atoms with Crippen molar-refractivity contribution in [2.24, 2.45) is 10.8 Å². The first kappa shape index (κ1) is 33.7. The van der Waals surface area contributed by atoms with Crippen molar-refractivity contribution in [1.82, 2.24) is 4.90 Å². The third-order valence-corrected chi connectivity index (χ3v) is 12.1. The zero-order valence-electron chi connectivity index (χ0n) is 26.3. The minimum absolute atomic E-state index is 0.156. The number of sulfonamides is 1. The fourth-order valence-electron chi connectivity index (χ4n) is 6.62. The molecule has 5 rings (SSSR count). The predicted octanol–water partition coefficient (Wildman–Crippen LogP) is 6.92. The van der Waals surface area contributed by atoms with Crippen LogP contribution in [0.15, 0.2) is 71.6 Å². The lowest BCUT2D eigenvalue weighted by atomic mass is 9.66. The van der Waals surface area contributed by atoms with E-state index in [1.54, 1.807) is 43.1 Å². The number of esters is 1. The van der Waals surface area contributed by atoms with Crippen LogP contribution < -0.4 is 9.04 Å². The highest BCUT2D eigenvalue weighted by atomic mass is 35.5. The molecule has 2 bridgehead atoms. The van der Waals surface area contributed by atoms with E-state index >= 15 is 4.39 Å². The molecule has 46 heavy (non-hydrogen) atoms. The molecule has 3 aromatic rings. The number of hydrogen-bond acceptors (Lipinski definition) is 6. The number of fused-ring (bicyclic) bond motifs is 2. The SMILES string of the molecule is CC(c1ccccc1OCCCN(C)C(=O)C12CCC(C)(C(=O)O1)C2(C)C)N(c1cc(F)ccc1F)S(=O)(=O)c1ccc(Cl)cc1. The largest absolute Gasteiger partial charge is 0.493 e. The summed E-state index contributed by atoms with van der Waals surface area (Å²) in [6.07, 6.45) is 1.47. The van der Waals surface area contributed by atoms with E-state index in [4.69, 9.17) is 21.1 Å². The summed E-state index contributed by atoms with van der Waals surface area (Å²) in [4.78, 5) is 27.6. The average Bonchev–Trinajstić information content (AvgIpc) is 3.31. The van der Waals surface area contributed by atoms with Gasteiger partial charge in [-0.25, -0.2) is 17.2 Å². The number of likely N-dealkylation sites (N-methyl/N-ethyl adjacent to an activating group) is 1. The normalized spacial score (nSPS) is 22.3. The monoisotopic (exact) mass is 674 g/mol. The van der Waals surface area contributed by atoms with E-state index in [0.717, 1.165) is 22.5 Å². The van der Waals surface area contributed by atoms with Gasteiger partial charge in [0.05, 0.1) is 28.6 Å². The van der Waals surface area contributed by atoms with Gasteiger partial charge < -0.3 is 14.4 Å². The minimum atomic E-state index is -4.42. The molecule has 12 heteroatoms. The van der Waals surface area contributed by atoms with Crippen molar-refractivity contribution in [2.75, 3.05) is 24.5 Å². The Hall–Kier alpha value is -3.70.